The highest BCUT2D eigenvalue weighted by Gasteiger charge is 2.47. The minimum absolute atomic E-state index is 0.0383. The van der Waals surface area contributed by atoms with Crippen LogP contribution in [0.5, 0.6) is 11.5 Å². The van der Waals surface area contributed by atoms with E-state index in [2.05, 4.69) is 0 Å². The number of nitrogens with zero attached hydrogens (tertiary/aromatic N) is 1. The summed E-state index contributed by atoms with van der Waals surface area (Å²) in [5.41, 5.74) is 2.64. The lowest BCUT2D eigenvalue weighted by molar-refractivity contribution is -0.132. The topological polar surface area (TPSA) is 76.1 Å². The molecule has 6 heteroatoms. The second-order valence-electron chi connectivity index (χ2n) is 8.85. The van der Waals surface area contributed by atoms with E-state index in [0.717, 1.165) is 11.3 Å². The fourth-order valence-corrected chi connectivity index (χ4v) is 4.53. The minimum atomic E-state index is -0.818. The molecule has 1 heterocycles. The van der Waals surface area contributed by atoms with Crippen LogP contribution in [0.25, 0.3) is 5.76 Å². The molecule has 0 bridgehead atoms. The van der Waals surface area contributed by atoms with Gasteiger partial charge in [-0.2, -0.15) is 0 Å². The van der Waals surface area contributed by atoms with Crippen LogP contribution in [0.15, 0.2) is 78.4 Å². The Morgan fingerprint density at radius 2 is 1.64 bits per heavy atom. The molecule has 36 heavy (non-hydrogen) atoms. The van der Waals surface area contributed by atoms with E-state index < -0.39 is 17.7 Å². The first-order chi connectivity index (χ1) is 17.4. The smallest absolute Gasteiger partial charge is 0.300 e. The van der Waals surface area contributed by atoms with Crippen LogP contribution >= 0.6 is 0 Å². The molecule has 1 aliphatic heterocycles. The average molecular weight is 486 g/mol. The summed E-state index contributed by atoms with van der Waals surface area (Å²) in [4.78, 5) is 28.2. The summed E-state index contributed by atoms with van der Waals surface area (Å²) < 4.78 is 11.4. The van der Waals surface area contributed by atoms with Crippen molar-refractivity contribution >= 4 is 23.1 Å². The van der Waals surface area contributed by atoms with Crippen LogP contribution in [0.1, 0.15) is 56.3 Å². The lowest BCUT2D eigenvalue weighted by Crippen LogP contribution is -2.29. The number of carbonyl (C=O) groups is 2. The van der Waals surface area contributed by atoms with Crippen LogP contribution in [0.4, 0.5) is 5.69 Å². The molecule has 0 radical (unpaired) electrons. The van der Waals surface area contributed by atoms with Gasteiger partial charge >= 0.3 is 0 Å². The molecule has 1 aliphatic rings. The summed E-state index contributed by atoms with van der Waals surface area (Å²) in [7, 11) is 0. The molecule has 0 aliphatic carbocycles. The van der Waals surface area contributed by atoms with Gasteiger partial charge in [-0.1, -0.05) is 44.2 Å². The third-order valence-electron chi connectivity index (χ3n) is 6.17. The number of amides is 1. The molecule has 1 unspecified atom stereocenters. The summed E-state index contributed by atoms with van der Waals surface area (Å²) in [6.07, 6.45) is 0. The molecule has 1 saturated heterocycles. The number of ether oxygens (including phenoxy) is 2. The molecule has 6 nitrogen and oxygen atoms in total. The maximum atomic E-state index is 13.4. The van der Waals surface area contributed by atoms with E-state index in [-0.39, 0.29) is 17.3 Å². The van der Waals surface area contributed by atoms with Crippen LogP contribution in [0.2, 0.25) is 0 Å². The van der Waals surface area contributed by atoms with E-state index >= 15 is 0 Å². The number of aliphatic hydroxyl groups excluding tert-OH is 1. The first-order valence-electron chi connectivity index (χ1n) is 12.2. The van der Waals surface area contributed by atoms with E-state index in [4.69, 9.17) is 9.47 Å². The number of rotatable bonds is 8. The number of aliphatic hydroxyl groups is 1. The summed E-state index contributed by atoms with van der Waals surface area (Å²) >= 11 is 0. The van der Waals surface area contributed by atoms with Gasteiger partial charge in [-0.3, -0.25) is 14.5 Å². The van der Waals surface area contributed by atoms with Gasteiger partial charge in [0.15, 0.2) is 0 Å². The summed E-state index contributed by atoms with van der Waals surface area (Å²) in [6.45, 7) is 8.88. The molecule has 0 spiro atoms. The summed E-state index contributed by atoms with van der Waals surface area (Å²) in [5, 5.41) is 11.5. The zero-order chi connectivity index (χ0) is 25.8. The number of ketones is 1. The van der Waals surface area contributed by atoms with Crippen molar-refractivity contribution in [2.45, 2.75) is 39.7 Å². The Kier molecular flexibility index (Phi) is 7.44. The van der Waals surface area contributed by atoms with Crippen LogP contribution in [0.3, 0.4) is 0 Å². The average Bonchev–Trinajstić information content (AvgIpc) is 3.15. The molecule has 0 aromatic heterocycles. The lowest BCUT2D eigenvalue weighted by atomic mass is 9.93. The van der Waals surface area contributed by atoms with E-state index in [0.29, 0.717) is 35.8 Å². The van der Waals surface area contributed by atoms with Gasteiger partial charge in [-0.15, -0.1) is 0 Å². The van der Waals surface area contributed by atoms with Gasteiger partial charge in [-0.05, 0) is 73.4 Å². The molecule has 0 saturated carbocycles. The zero-order valence-corrected chi connectivity index (χ0v) is 21.0. The Morgan fingerprint density at radius 1 is 0.917 bits per heavy atom. The van der Waals surface area contributed by atoms with Crippen molar-refractivity contribution in [3.8, 4) is 11.5 Å². The van der Waals surface area contributed by atoms with Crippen molar-refractivity contribution in [3.63, 3.8) is 0 Å². The predicted octanol–water partition coefficient (Wildman–Crippen LogP) is 6.23. The Bertz CT molecular complexity index is 1300. The van der Waals surface area contributed by atoms with Crippen LogP contribution in [-0.4, -0.2) is 30.0 Å². The number of hydrogen-bond donors (Lipinski definition) is 1. The quantitative estimate of drug-likeness (QED) is 0.232. The maximum Gasteiger partial charge on any atom is 0.300 e. The van der Waals surface area contributed by atoms with Gasteiger partial charge in [0.1, 0.15) is 17.3 Å². The van der Waals surface area contributed by atoms with Gasteiger partial charge < -0.3 is 14.6 Å². The molecular formula is C30H31NO5. The highest BCUT2D eigenvalue weighted by atomic mass is 16.5. The molecule has 3 aromatic rings. The molecule has 1 N–H and O–H groups in total. The second-order valence-corrected chi connectivity index (χ2v) is 8.85. The van der Waals surface area contributed by atoms with E-state index in [9.17, 15) is 14.7 Å². The summed E-state index contributed by atoms with van der Waals surface area (Å²) in [6, 6.07) is 20.8. The maximum absolute atomic E-state index is 13.4. The van der Waals surface area contributed by atoms with Crippen LogP contribution in [0, 0.1) is 0 Å². The Hall–Kier alpha value is -4.06. The number of anilines is 1. The number of Topliss-reactive ketones (excluding diaryl/α,β-unsaturated/α-hetero) is 1. The van der Waals surface area contributed by atoms with E-state index in [1.54, 1.807) is 30.3 Å². The fourth-order valence-electron chi connectivity index (χ4n) is 4.53. The number of benzene rings is 3. The van der Waals surface area contributed by atoms with Crippen molar-refractivity contribution in [2.24, 2.45) is 0 Å². The van der Waals surface area contributed by atoms with Crippen molar-refractivity contribution in [2.75, 3.05) is 18.1 Å². The van der Waals surface area contributed by atoms with Gasteiger partial charge in [0.05, 0.1) is 24.8 Å². The van der Waals surface area contributed by atoms with Gasteiger partial charge in [0, 0.05) is 11.3 Å². The molecule has 1 fully saturated rings. The number of hydrogen-bond acceptors (Lipinski definition) is 5. The molecule has 3 aromatic carbocycles. The molecule has 186 valence electrons. The van der Waals surface area contributed by atoms with Crippen molar-refractivity contribution in [1.82, 2.24) is 0 Å². The summed E-state index contributed by atoms with van der Waals surface area (Å²) in [5.74, 6) is -0.160. The highest BCUT2D eigenvalue weighted by molar-refractivity contribution is 6.51. The first-order valence-corrected chi connectivity index (χ1v) is 12.2. The normalized spacial score (nSPS) is 17.0. The third kappa shape index (κ3) is 4.71. The number of para-hydroxylation sites is 1. The Morgan fingerprint density at radius 3 is 2.31 bits per heavy atom. The van der Waals surface area contributed by atoms with Gasteiger partial charge in [0.2, 0.25) is 0 Å². The van der Waals surface area contributed by atoms with Crippen molar-refractivity contribution in [3.05, 3.63) is 95.1 Å². The van der Waals surface area contributed by atoms with E-state index in [1.165, 1.54) is 4.90 Å². The van der Waals surface area contributed by atoms with E-state index in [1.807, 2.05) is 70.2 Å². The highest BCUT2D eigenvalue weighted by Crippen LogP contribution is 2.43. The molecule has 1 atom stereocenters. The fraction of sp³-hybridized carbons (Fsp3) is 0.267. The lowest BCUT2D eigenvalue weighted by Gasteiger charge is -2.26. The van der Waals surface area contributed by atoms with Gasteiger partial charge in [0.25, 0.3) is 11.7 Å². The van der Waals surface area contributed by atoms with Crippen LogP contribution in [-0.2, 0) is 9.59 Å². The van der Waals surface area contributed by atoms with Crippen molar-refractivity contribution < 1.29 is 24.2 Å². The predicted molar refractivity (Wildman–Crippen MR) is 141 cm³/mol. The molecule has 1 amide bonds. The minimum Gasteiger partial charge on any atom is -0.507 e. The Labute approximate surface area is 211 Å². The number of carbonyl (C=O) groups excluding carboxylic acids is 2. The third-order valence-corrected chi connectivity index (χ3v) is 6.17. The van der Waals surface area contributed by atoms with Crippen LogP contribution < -0.4 is 14.4 Å². The Balaban J connectivity index is 1.93. The largest absolute Gasteiger partial charge is 0.507 e. The standard InChI is InChI=1S/C30H31NO5/c1-5-35-23-14-10-11-20(17-23)27-26(29(33)30(34)31(27)22-12-8-7-9-13-22)28(32)21-15-16-25(36-6-2)24(18-21)19(3)4/h7-19,27,32H,5-6H2,1-4H3/b28-26+. The zero-order valence-electron chi connectivity index (χ0n) is 21.0. The molecular weight excluding hydrogens is 454 g/mol. The SMILES string of the molecule is CCOc1cccc(C2/C(=C(\O)c3ccc(OCC)c(C(C)C)c3)C(=O)C(=O)N2c2ccccc2)c1. The second kappa shape index (κ2) is 10.7. The van der Waals surface area contributed by atoms with Crippen molar-refractivity contribution in [1.29, 1.82) is 0 Å². The first kappa shape index (κ1) is 25.0. The molecule has 4 rings (SSSR count). The van der Waals surface area contributed by atoms with Gasteiger partial charge in [-0.25, -0.2) is 0 Å². The monoisotopic (exact) mass is 485 g/mol.